The third-order valence-corrected chi connectivity index (χ3v) is 1.97. The van der Waals surface area contributed by atoms with Gasteiger partial charge >= 0.3 is 0 Å². The van der Waals surface area contributed by atoms with Crippen molar-refractivity contribution in [3.8, 4) is 0 Å². The molecule has 1 aliphatic carbocycles. The van der Waals surface area contributed by atoms with Crippen molar-refractivity contribution in [2.75, 3.05) is 0 Å². The highest BCUT2D eigenvalue weighted by Crippen LogP contribution is 2.18. The van der Waals surface area contributed by atoms with E-state index in [0.717, 1.165) is 0 Å². The Morgan fingerprint density at radius 2 is 2.44 bits per heavy atom. The molecule has 2 unspecified atom stereocenters. The third-order valence-electron chi connectivity index (χ3n) is 1.97. The molecule has 0 saturated carbocycles. The van der Waals surface area contributed by atoms with Crippen LogP contribution in [0.25, 0.3) is 0 Å². The van der Waals surface area contributed by atoms with Gasteiger partial charge in [-0.2, -0.15) is 0 Å². The first-order chi connectivity index (χ1) is 4.30. The van der Waals surface area contributed by atoms with Crippen LogP contribution >= 0.6 is 0 Å². The van der Waals surface area contributed by atoms with Crippen molar-refractivity contribution in [2.24, 2.45) is 11.7 Å². The predicted molar refractivity (Wildman–Crippen MR) is 40.1 cm³/mol. The second-order valence-electron chi connectivity index (χ2n) is 2.88. The van der Waals surface area contributed by atoms with Crippen molar-refractivity contribution < 1.29 is 0 Å². The summed E-state index contributed by atoms with van der Waals surface area (Å²) in [4.78, 5) is 0. The Hall–Kier alpha value is -0.300. The minimum absolute atomic E-state index is 0.349. The molecule has 0 saturated heterocycles. The van der Waals surface area contributed by atoms with E-state index < -0.39 is 0 Å². The Balaban J connectivity index is 2.40. The minimum atomic E-state index is 0.349. The average molecular weight is 125 g/mol. The molecule has 0 bridgehead atoms. The van der Waals surface area contributed by atoms with Gasteiger partial charge in [0.1, 0.15) is 0 Å². The first kappa shape index (κ1) is 6.81. The molecule has 0 fully saturated rings. The molecule has 1 heteroatoms. The number of hydrogen-bond acceptors (Lipinski definition) is 1. The van der Waals surface area contributed by atoms with E-state index in [4.69, 9.17) is 5.73 Å². The number of hydrogen-bond donors (Lipinski definition) is 1. The van der Waals surface area contributed by atoms with E-state index in [9.17, 15) is 0 Å². The second kappa shape index (κ2) is 3.02. The van der Waals surface area contributed by atoms with Gasteiger partial charge in [-0.15, -0.1) is 0 Å². The summed E-state index contributed by atoms with van der Waals surface area (Å²) in [6.45, 7) is 2.08. The lowest BCUT2D eigenvalue weighted by molar-refractivity contribution is 0.467. The molecule has 2 atom stereocenters. The summed E-state index contributed by atoms with van der Waals surface area (Å²) in [7, 11) is 0. The van der Waals surface area contributed by atoms with E-state index in [1.807, 2.05) is 0 Å². The summed E-state index contributed by atoms with van der Waals surface area (Å²) in [6, 6.07) is 0.349. The summed E-state index contributed by atoms with van der Waals surface area (Å²) in [5.41, 5.74) is 5.72. The van der Waals surface area contributed by atoms with Crippen molar-refractivity contribution >= 4 is 0 Å². The predicted octanol–water partition coefficient (Wildman–Crippen LogP) is 1.69. The lowest BCUT2D eigenvalue weighted by Gasteiger charge is -2.19. The number of allylic oxidation sites excluding steroid dienone is 1. The molecule has 1 nitrogen and oxygen atoms in total. The molecule has 0 amide bonds. The molecular formula is C8H15N. The molecule has 1 rings (SSSR count). The third kappa shape index (κ3) is 1.83. The van der Waals surface area contributed by atoms with Crippen LogP contribution in [0, 0.1) is 5.92 Å². The van der Waals surface area contributed by atoms with Gasteiger partial charge in [-0.25, -0.2) is 0 Å². The zero-order chi connectivity index (χ0) is 6.69. The molecule has 0 spiro atoms. The largest absolute Gasteiger partial charge is 0.327 e. The maximum Gasteiger partial charge on any atom is 0.00733 e. The van der Waals surface area contributed by atoms with Crippen LogP contribution in [0.1, 0.15) is 26.2 Å². The van der Waals surface area contributed by atoms with Gasteiger partial charge in [-0.3, -0.25) is 0 Å². The second-order valence-corrected chi connectivity index (χ2v) is 2.88. The van der Waals surface area contributed by atoms with E-state index >= 15 is 0 Å². The Morgan fingerprint density at radius 3 is 2.78 bits per heavy atom. The summed E-state index contributed by atoms with van der Waals surface area (Å²) in [6.07, 6.45) is 8.37. The van der Waals surface area contributed by atoms with E-state index in [2.05, 4.69) is 19.1 Å². The van der Waals surface area contributed by atoms with Crippen LogP contribution < -0.4 is 5.73 Å². The van der Waals surface area contributed by atoms with E-state index in [1.165, 1.54) is 19.3 Å². The van der Waals surface area contributed by atoms with Crippen molar-refractivity contribution in [1.29, 1.82) is 0 Å². The summed E-state index contributed by atoms with van der Waals surface area (Å²) < 4.78 is 0. The molecule has 0 aliphatic heterocycles. The molecule has 2 N–H and O–H groups in total. The number of rotatable bonds is 1. The lowest BCUT2D eigenvalue weighted by Crippen LogP contribution is -2.25. The normalized spacial score (nSPS) is 30.2. The molecule has 0 radical (unpaired) electrons. The first-order valence-electron chi connectivity index (χ1n) is 3.73. The zero-order valence-electron chi connectivity index (χ0n) is 6.01. The van der Waals surface area contributed by atoms with Gasteiger partial charge < -0.3 is 5.73 Å². The van der Waals surface area contributed by atoms with Crippen LogP contribution in [0.15, 0.2) is 12.2 Å². The van der Waals surface area contributed by atoms with Crippen molar-refractivity contribution in [3.05, 3.63) is 12.2 Å². The molecule has 0 aromatic carbocycles. The number of nitrogens with two attached hydrogens (primary N) is 1. The summed E-state index contributed by atoms with van der Waals surface area (Å²) >= 11 is 0. The van der Waals surface area contributed by atoms with Crippen molar-refractivity contribution in [3.63, 3.8) is 0 Å². The van der Waals surface area contributed by atoms with Crippen LogP contribution in [0.4, 0.5) is 0 Å². The van der Waals surface area contributed by atoms with Crippen LogP contribution in [0.2, 0.25) is 0 Å². The Morgan fingerprint density at radius 1 is 1.67 bits per heavy atom. The smallest absolute Gasteiger partial charge is 0.00733 e. The molecule has 0 aromatic rings. The van der Waals surface area contributed by atoms with Crippen molar-refractivity contribution in [1.82, 2.24) is 0 Å². The van der Waals surface area contributed by atoms with E-state index in [0.29, 0.717) is 12.0 Å². The Bertz CT molecular complexity index is 105. The van der Waals surface area contributed by atoms with E-state index in [-0.39, 0.29) is 0 Å². The summed E-state index contributed by atoms with van der Waals surface area (Å²) in [5.74, 6) is 0.652. The van der Waals surface area contributed by atoms with Gasteiger partial charge in [0, 0.05) is 6.04 Å². The maximum atomic E-state index is 5.72. The van der Waals surface area contributed by atoms with Crippen LogP contribution in [0.5, 0.6) is 0 Å². The lowest BCUT2D eigenvalue weighted by atomic mass is 9.91. The molecular weight excluding hydrogens is 110 g/mol. The maximum absolute atomic E-state index is 5.72. The Labute approximate surface area is 56.9 Å². The van der Waals surface area contributed by atoms with Gasteiger partial charge in [-0.05, 0) is 32.1 Å². The summed E-state index contributed by atoms with van der Waals surface area (Å²) in [5, 5.41) is 0. The quantitative estimate of drug-likeness (QED) is 0.530. The average Bonchev–Trinajstić information content (AvgIpc) is 1.90. The highest BCUT2D eigenvalue weighted by atomic mass is 14.6. The highest BCUT2D eigenvalue weighted by Gasteiger charge is 2.11. The molecule has 1 aliphatic rings. The fraction of sp³-hybridized carbons (Fsp3) is 0.750. The van der Waals surface area contributed by atoms with E-state index in [1.54, 1.807) is 0 Å². The SMILES string of the molecule is CC(N)C1C=CCCC1. The van der Waals surface area contributed by atoms with Crippen LogP contribution in [-0.4, -0.2) is 6.04 Å². The highest BCUT2D eigenvalue weighted by molar-refractivity contribution is 4.95. The van der Waals surface area contributed by atoms with Crippen molar-refractivity contribution in [2.45, 2.75) is 32.2 Å². The van der Waals surface area contributed by atoms with Gasteiger partial charge in [0.15, 0.2) is 0 Å². The molecule has 52 valence electrons. The van der Waals surface area contributed by atoms with Gasteiger partial charge in [-0.1, -0.05) is 12.2 Å². The minimum Gasteiger partial charge on any atom is -0.327 e. The van der Waals surface area contributed by atoms with Gasteiger partial charge in [0.25, 0.3) is 0 Å². The fourth-order valence-corrected chi connectivity index (χ4v) is 1.28. The van der Waals surface area contributed by atoms with Crippen LogP contribution in [-0.2, 0) is 0 Å². The van der Waals surface area contributed by atoms with Gasteiger partial charge in [0.2, 0.25) is 0 Å². The monoisotopic (exact) mass is 125 g/mol. The fourth-order valence-electron chi connectivity index (χ4n) is 1.28. The molecule has 0 heterocycles. The zero-order valence-corrected chi connectivity index (χ0v) is 6.01. The standard InChI is InChI=1S/C8H15N/c1-7(9)8-5-3-2-4-6-8/h3,5,7-8H,2,4,6,9H2,1H3. The topological polar surface area (TPSA) is 26.0 Å². The van der Waals surface area contributed by atoms with Gasteiger partial charge in [0.05, 0.1) is 0 Å². The molecule has 0 aromatic heterocycles. The Kier molecular flexibility index (Phi) is 2.29. The van der Waals surface area contributed by atoms with Crippen LogP contribution in [0.3, 0.4) is 0 Å². The first-order valence-corrected chi connectivity index (χ1v) is 3.73. The molecule has 9 heavy (non-hydrogen) atoms.